The van der Waals surface area contributed by atoms with Crippen molar-refractivity contribution in [3.8, 4) is 22.3 Å². The summed E-state index contributed by atoms with van der Waals surface area (Å²) in [6, 6.07) is 93.1. The van der Waals surface area contributed by atoms with E-state index in [4.69, 9.17) is 0 Å². The fourth-order valence-corrected chi connectivity index (χ4v) is 11.4. The molecule has 0 amide bonds. The van der Waals surface area contributed by atoms with Crippen LogP contribution < -0.4 is 9.80 Å². The molecule has 0 radical (unpaired) electrons. The molecule has 1 aromatic heterocycles. The highest BCUT2D eigenvalue weighted by Crippen LogP contribution is 2.59. The van der Waals surface area contributed by atoms with Crippen LogP contribution in [0.5, 0.6) is 0 Å². The molecule has 11 aromatic rings. The monoisotopic (exact) mass is 834 g/mol. The van der Waals surface area contributed by atoms with E-state index in [0.29, 0.717) is 0 Å². The van der Waals surface area contributed by atoms with Gasteiger partial charge in [-0.3, -0.25) is 0 Å². The van der Waals surface area contributed by atoms with Crippen LogP contribution in [0.25, 0.3) is 42.4 Å². The molecule has 64 heavy (non-hydrogen) atoms. The molecule has 1 aliphatic rings. The second-order valence-corrected chi connectivity index (χ2v) is 17.5. The molecule has 0 saturated heterocycles. The van der Waals surface area contributed by atoms with Gasteiger partial charge in [0.05, 0.1) is 16.8 Å². The van der Waals surface area contributed by atoms with E-state index in [1.807, 2.05) is 11.3 Å². The number of benzene rings is 10. The Balaban J connectivity index is 1.01. The molecule has 0 saturated carbocycles. The van der Waals surface area contributed by atoms with Crippen LogP contribution in [0.3, 0.4) is 0 Å². The average molecular weight is 835 g/mol. The van der Waals surface area contributed by atoms with Gasteiger partial charge in [-0.15, -0.1) is 11.3 Å². The molecular weight excluding hydrogens is 793 g/mol. The van der Waals surface area contributed by atoms with Crippen LogP contribution in [0.4, 0.5) is 34.1 Å². The van der Waals surface area contributed by atoms with E-state index in [1.54, 1.807) is 0 Å². The predicted molar refractivity (Wildman–Crippen MR) is 271 cm³/mol. The van der Waals surface area contributed by atoms with E-state index in [9.17, 15) is 0 Å². The van der Waals surface area contributed by atoms with Crippen molar-refractivity contribution in [3.05, 3.63) is 277 Å². The van der Waals surface area contributed by atoms with Gasteiger partial charge in [-0.2, -0.15) is 0 Å². The number of anilines is 6. The van der Waals surface area contributed by atoms with Crippen LogP contribution >= 0.6 is 11.3 Å². The number of nitrogens with zero attached hydrogens (tertiary/aromatic N) is 2. The molecule has 2 nitrogen and oxygen atoms in total. The Bertz CT molecular complexity index is 3280. The lowest BCUT2D eigenvalue weighted by molar-refractivity contribution is 0.739. The fraction of sp³-hybridized carbons (Fsp3) is 0.0164. The van der Waals surface area contributed by atoms with Crippen LogP contribution in [0.2, 0.25) is 0 Å². The number of hydrogen-bond donors (Lipinski definition) is 0. The zero-order valence-corrected chi connectivity index (χ0v) is 35.9. The fourth-order valence-electron chi connectivity index (χ4n) is 10.1. The molecule has 0 spiro atoms. The highest BCUT2D eigenvalue weighted by Gasteiger charge is 2.47. The molecule has 0 atom stereocenters. The van der Waals surface area contributed by atoms with E-state index in [2.05, 4.69) is 265 Å². The third-order valence-electron chi connectivity index (χ3n) is 12.9. The molecule has 12 rings (SSSR count). The van der Waals surface area contributed by atoms with Crippen LogP contribution in [0, 0.1) is 0 Å². The van der Waals surface area contributed by atoms with Crippen molar-refractivity contribution in [1.29, 1.82) is 0 Å². The lowest BCUT2D eigenvalue weighted by Crippen LogP contribution is -2.37. The van der Waals surface area contributed by atoms with E-state index in [-0.39, 0.29) is 0 Å². The van der Waals surface area contributed by atoms with E-state index in [1.165, 1.54) is 76.1 Å². The summed E-state index contributed by atoms with van der Waals surface area (Å²) >= 11 is 1.90. The Kier molecular flexibility index (Phi) is 9.28. The first kappa shape index (κ1) is 37.8. The maximum Gasteiger partial charge on any atom is 0.0756 e. The van der Waals surface area contributed by atoms with Gasteiger partial charge in [0.25, 0.3) is 0 Å². The van der Waals surface area contributed by atoms with Crippen LogP contribution in [0.1, 0.15) is 22.3 Å². The topological polar surface area (TPSA) is 6.48 Å². The minimum Gasteiger partial charge on any atom is -0.311 e. The predicted octanol–water partition coefficient (Wildman–Crippen LogP) is 17.0. The number of thiophene rings is 1. The molecule has 0 unspecified atom stereocenters. The van der Waals surface area contributed by atoms with Crippen LogP contribution in [-0.4, -0.2) is 0 Å². The maximum absolute atomic E-state index is 2.47. The van der Waals surface area contributed by atoms with Gasteiger partial charge in [0.15, 0.2) is 0 Å². The third kappa shape index (κ3) is 6.16. The van der Waals surface area contributed by atoms with Crippen LogP contribution in [0.15, 0.2) is 255 Å². The zero-order chi connectivity index (χ0) is 42.5. The summed E-state index contributed by atoms with van der Waals surface area (Å²) in [5.41, 5.74) is 16.0. The minimum absolute atomic E-state index is 0.583. The summed E-state index contributed by atoms with van der Waals surface area (Å²) in [6.07, 6.45) is 0. The van der Waals surface area contributed by atoms with Crippen molar-refractivity contribution in [2.24, 2.45) is 0 Å². The van der Waals surface area contributed by atoms with Gasteiger partial charge >= 0.3 is 0 Å². The van der Waals surface area contributed by atoms with Crippen LogP contribution in [-0.2, 0) is 5.41 Å². The number of fused-ring (bicyclic) bond motifs is 5. The first-order chi connectivity index (χ1) is 31.8. The summed E-state index contributed by atoms with van der Waals surface area (Å²) in [7, 11) is 0. The Morgan fingerprint density at radius 3 is 1.31 bits per heavy atom. The first-order valence-electron chi connectivity index (χ1n) is 21.9. The summed E-state index contributed by atoms with van der Waals surface area (Å²) in [5, 5.41) is 2.61. The van der Waals surface area contributed by atoms with Crippen molar-refractivity contribution in [1.82, 2.24) is 0 Å². The van der Waals surface area contributed by atoms with E-state index >= 15 is 0 Å². The second kappa shape index (κ2) is 15.7. The van der Waals surface area contributed by atoms with Crippen molar-refractivity contribution >= 4 is 65.6 Å². The normalized spacial score (nSPS) is 12.8. The summed E-state index contributed by atoms with van der Waals surface area (Å²) in [6.45, 7) is 0. The van der Waals surface area contributed by atoms with Crippen molar-refractivity contribution in [3.63, 3.8) is 0 Å². The second-order valence-electron chi connectivity index (χ2n) is 16.4. The maximum atomic E-state index is 2.47. The first-order valence-corrected chi connectivity index (χ1v) is 22.7. The smallest absolute Gasteiger partial charge is 0.0756 e. The summed E-state index contributed by atoms with van der Waals surface area (Å²) < 4.78 is 2.63. The molecular formula is C61H42N2S. The molecule has 0 bridgehead atoms. The molecule has 10 aromatic carbocycles. The van der Waals surface area contributed by atoms with Gasteiger partial charge in [0, 0.05) is 42.9 Å². The zero-order valence-electron chi connectivity index (χ0n) is 35.1. The Hall–Kier alpha value is -7.98. The highest BCUT2D eigenvalue weighted by atomic mass is 32.1. The van der Waals surface area contributed by atoms with Gasteiger partial charge in [-0.25, -0.2) is 0 Å². The molecule has 2 heterocycles. The van der Waals surface area contributed by atoms with Crippen molar-refractivity contribution in [2.75, 3.05) is 9.80 Å². The highest BCUT2D eigenvalue weighted by molar-refractivity contribution is 7.26. The standard InChI is InChI=1S/C61H42N2S/c1-4-17-43(18-5-1)45-31-35-48(36-32-45)62(49-37-33-46(34-38-49)44-19-6-2-7-20-44)50-39-41-51(42-40-50)63-57-28-13-11-25-54(57)61(47-21-8-3-9-22-47,55-26-12-14-29-58(55)63)56-27-16-24-53-52-23-10-15-30-59(52)64-60(53)56/h1-42H. The quantitative estimate of drug-likeness (QED) is 0.150. The SMILES string of the molecule is c1ccc(-c2ccc(N(c3ccc(-c4ccccc4)cc3)c3ccc(N4c5ccccc5C(c5ccccc5)(c5cccc6c5sc5ccccc56)c5ccccc54)cc3)cc2)cc1. The summed E-state index contributed by atoms with van der Waals surface area (Å²) in [4.78, 5) is 4.83. The Morgan fingerprint density at radius 2 is 0.750 bits per heavy atom. The lowest BCUT2D eigenvalue weighted by Gasteiger charge is -2.46. The third-order valence-corrected chi connectivity index (χ3v) is 14.2. The Labute approximate surface area is 378 Å². The van der Waals surface area contributed by atoms with E-state index in [0.717, 1.165) is 22.7 Å². The molecule has 0 aliphatic carbocycles. The summed E-state index contributed by atoms with van der Waals surface area (Å²) in [5.74, 6) is 0. The number of hydrogen-bond acceptors (Lipinski definition) is 3. The van der Waals surface area contributed by atoms with Gasteiger partial charge in [-0.05, 0) is 111 Å². The van der Waals surface area contributed by atoms with Gasteiger partial charge < -0.3 is 9.80 Å². The molecule has 302 valence electrons. The van der Waals surface area contributed by atoms with Crippen molar-refractivity contribution in [2.45, 2.75) is 5.41 Å². The minimum atomic E-state index is -0.583. The number of rotatable bonds is 8. The van der Waals surface area contributed by atoms with Gasteiger partial charge in [0.1, 0.15) is 0 Å². The van der Waals surface area contributed by atoms with Gasteiger partial charge in [-0.1, -0.05) is 188 Å². The van der Waals surface area contributed by atoms with E-state index < -0.39 is 5.41 Å². The molecule has 3 heteroatoms. The number of para-hydroxylation sites is 2. The largest absolute Gasteiger partial charge is 0.311 e. The molecule has 0 fully saturated rings. The molecule has 0 N–H and O–H groups in total. The Morgan fingerprint density at radius 1 is 0.328 bits per heavy atom. The average Bonchev–Trinajstić information content (AvgIpc) is 3.77. The lowest BCUT2D eigenvalue weighted by atomic mass is 9.62. The van der Waals surface area contributed by atoms with Crippen molar-refractivity contribution < 1.29 is 0 Å². The molecule has 1 aliphatic heterocycles. The van der Waals surface area contributed by atoms with Gasteiger partial charge in [0.2, 0.25) is 0 Å².